The second kappa shape index (κ2) is 5.72. The second-order valence-electron chi connectivity index (χ2n) is 8.68. The number of nitrogens with zero attached hydrogens (tertiary/aromatic N) is 3. The number of halogens is 3. The molecule has 4 bridgehead atoms. The molecule has 0 spiro atoms. The molecule has 2 aromatic rings. The third-order valence-electron chi connectivity index (χ3n) is 6.73. The summed E-state index contributed by atoms with van der Waals surface area (Å²) in [6.07, 6.45) is 3.01. The number of rotatable bonds is 3. The minimum atomic E-state index is -4.68. The Morgan fingerprint density at radius 2 is 1.52 bits per heavy atom. The van der Waals surface area contributed by atoms with Crippen LogP contribution in [0, 0.1) is 17.8 Å². The van der Waals surface area contributed by atoms with E-state index < -0.39 is 6.36 Å². The normalized spacial score (nSPS) is 32.1. The van der Waals surface area contributed by atoms with Gasteiger partial charge in [-0.15, -0.1) is 23.4 Å². The van der Waals surface area contributed by atoms with Gasteiger partial charge >= 0.3 is 6.36 Å². The van der Waals surface area contributed by atoms with Gasteiger partial charge in [0.15, 0.2) is 5.82 Å². The molecule has 0 amide bonds. The molecule has 1 aromatic carbocycles. The highest BCUT2D eigenvalue weighted by molar-refractivity contribution is 5.57. The van der Waals surface area contributed by atoms with E-state index in [4.69, 9.17) is 0 Å². The summed E-state index contributed by atoms with van der Waals surface area (Å²) in [5, 5.41) is 8.96. The summed E-state index contributed by atoms with van der Waals surface area (Å²) in [4.78, 5) is 0. The van der Waals surface area contributed by atoms with Gasteiger partial charge in [-0.3, -0.25) is 0 Å². The zero-order valence-corrected chi connectivity index (χ0v) is 15.2. The Balaban J connectivity index is 1.44. The van der Waals surface area contributed by atoms with Crippen molar-refractivity contribution in [1.82, 2.24) is 14.8 Å². The molecule has 4 nitrogen and oxygen atoms in total. The zero-order valence-electron chi connectivity index (χ0n) is 15.2. The molecular weight excluding hydrogens is 355 g/mol. The molecule has 0 unspecified atom stereocenters. The topological polar surface area (TPSA) is 39.9 Å². The number of aromatic nitrogens is 3. The minimum Gasteiger partial charge on any atom is -0.406 e. The molecular formula is C20H22F3N3O. The lowest BCUT2D eigenvalue weighted by Gasteiger charge is -2.56. The fourth-order valence-corrected chi connectivity index (χ4v) is 6.23. The van der Waals surface area contributed by atoms with Gasteiger partial charge < -0.3 is 9.30 Å². The van der Waals surface area contributed by atoms with Gasteiger partial charge in [-0.25, -0.2) is 0 Å². The molecule has 4 aliphatic rings. The monoisotopic (exact) mass is 377 g/mol. The van der Waals surface area contributed by atoms with Gasteiger partial charge in [-0.2, -0.15) is 0 Å². The maximum absolute atomic E-state index is 12.3. The number of alkyl halides is 3. The van der Waals surface area contributed by atoms with Crippen molar-refractivity contribution in [1.29, 1.82) is 0 Å². The highest BCUT2D eigenvalue weighted by atomic mass is 19.4. The van der Waals surface area contributed by atoms with Crippen molar-refractivity contribution in [3.63, 3.8) is 0 Å². The Morgan fingerprint density at radius 3 is 2.04 bits per heavy atom. The lowest BCUT2D eigenvalue weighted by molar-refractivity contribution is -0.274. The van der Waals surface area contributed by atoms with E-state index in [0.717, 1.165) is 29.1 Å². The Bertz CT molecular complexity index is 821. The quantitative estimate of drug-likeness (QED) is 0.768. The standard InChI is InChI=1S/C20H22F3N3O/c1-26-17(15-2-4-16(5-3-15)27-20(21,22)23)24-25-18(26)19-9-12-6-13(10-19)8-14(7-12)11-19/h2-5,12-14H,6-11H2,1H3. The van der Waals surface area contributed by atoms with Crippen molar-refractivity contribution in [3.8, 4) is 17.1 Å². The molecule has 1 heterocycles. The van der Waals surface area contributed by atoms with E-state index in [2.05, 4.69) is 14.9 Å². The van der Waals surface area contributed by atoms with Gasteiger partial charge in [0.1, 0.15) is 11.6 Å². The van der Waals surface area contributed by atoms with Crippen molar-refractivity contribution < 1.29 is 17.9 Å². The van der Waals surface area contributed by atoms with Gasteiger partial charge in [0, 0.05) is 18.0 Å². The number of ether oxygens (including phenoxy) is 1. The first kappa shape index (κ1) is 17.1. The van der Waals surface area contributed by atoms with Crippen LogP contribution in [0.25, 0.3) is 11.4 Å². The average molecular weight is 377 g/mol. The van der Waals surface area contributed by atoms with E-state index in [1.807, 2.05) is 11.6 Å². The summed E-state index contributed by atoms with van der Waals surface area (Å²) < 4.78 is 43.0. The van der Waals surface area contributed by atoms with Gasteiger partial charge in [-0.05, 0) is 80.5 Å². The molecule has 4 fully saturated rings. The highest BCUT2D eigenvalue weighted by Gasteiger charge is 2.53. The van der Waals surface area contributed by atoms with Crippen LogP contribution in [-0.4, -0.2) is 21.1 Å². The van der Waals surface area contributed by atoms with E-state index in [1.54, 1.807) is 12.1 Å². The minimum absolute atomic E-state index is 0.133. The molecule has 0 radical (unpaired) electrons. The lowest BCUT2D eigenvalue weighted by atomic mass is 9.49. The number of hydrogen-bond donors (Lipinski definition) is 0. The van der Waals surface area contributed by atoms with Crippen molar-refractivity contribution in [2.75, 3.05) is 0 Å². The molecule has 27 heavy (non-hydrogen) atoms. The van der Waals surface area contributed by atoms with E-state index in [9.17, 15) is 13.2 Å². The van der Waals surface area contributed by atoms with Crippen LogP contribution in [0.4, 0.5) is 13.2 Å². The molecule has 6 rings (SSSR count). The average Bonchev–Trinajstić information content (AvgIpc) is 2.95. The Labute approximate surface area is 155 Å². The predicted octanol–water partition coefficient (Wildman–Crippen LogP) is 4.85. The van der Waals surface area contributed by atoms with Crippen molar-refractivity contribution in [2.45, 2.75) is 50.3 Å². The van der Waals surface area contributed by atoms with E-state index >= 15 is 0 Å². The van der Waals surface area contributed by atoms with Crippen LogP contribution >= 0.6 is 0 Å². The molecule has 1 aromatic heterocycles. The Hall–Kier alpha value is -2.05. The first-order valence-electron chi connectivity index (χ1n) is 9.57. The molecule has 0 N–H and O–H groups in total. The largest absolute Gasteiger partial charge is 0.573 e. The van der Waals surface area contributed by atoms with Gasteiger partial charge in [0.05, 0.1) is 0 Å². The summed E-state index contributed by atoms with van der Waals surface area (Å²) in [5.41, 5.74) is 0.879. The number of benzene rings is 1. The van der Waals surface area contributed by atoms with Crippen molar-refractivity contribution in [2.24, 2.45) is 24.8 Å². The second-order valence-corrected chi connectivity index (χ2v) is 8.68. The van der Waals surface area contributed by atoms with Crippen molar-refractivity contribution >= 4 is 0 Å². The van der Waals surface area contributed by atoms with Crippen LogP contribution in [0.5, 0.6) is 5.75 Å². The summed E-state index contributed by atoms with van der Waals surface area (Å²) in [5.74, 6) is 3.96. The van der Waals surface area contributed by atoms with Crippen molar-refractivity contribution in [3.05, 3.63) is 30.1 Å². The molecule has 4 saturated carbocycles. The smallest absolute Gasteiger partial charge is 0.406 e. The molecule has 7 heteroatoms. The highest BCUT2D eigenvalue weighted by Crippen LogP contribution is 2.60. The van der Waals surface area contributed by atoms with Crippen LogP contribution in [0.3, 0.4) is 0 Å². The Morgan fingerprint density at radius 1 is 0.963 bits per heavy atom. The van der Waals surface area contributed by atoms with E-state index in [0.29, 0.717) is 5.82 Å². The van der Waals surface area contributed by atoms with Gasteiger partial charge in [-0.1, -0.05) is 0 Å². The SMILES string of the molecule is Cn1c(-c2ccc(OC(F)(F)F)cc2)nnc1C12CC3CC(CC(C3)C1)C2. The van der Waals surface area contributed by atoms with Crippen LogP contribution in [0.2, 0.25) is 0 Å². The molecule has 144 valence electrons. The summed E-state index contributed by atoms with van der Waals surface area (Å²) >= 11 is 0. The van der Waals surface area contributed by atoms with E-state index in [-0.39, 0.29) is 11.2 Å². The molecule has 0 aliphatic heterocycles. The van der Waals surface area contributed by atoms with Crippen LogP contribution in [0.15, 0.2) is 24.3 Å². The van der Waals surface area contributed by atoms with Crippen LogP contribution in [0.1, 0.15) is 44.3 Å². The number of hydrogen-bond acceptors (Lipinski definition) is 3. The third-order valence-corrected chi connectivity index (χ3v) is 6.73. The van der Waals surface area contributed by atoms with Gasteiger partial charge in [0.2, 0.25) is 0 Å². The third kappa shape index (κ3) is 2.91. The van der Waals surface area contributed by atoms with Gasteiger partial charge in [0.25, 0.3) is 0 Å². The fraction of sp³-hybridized carbons (Fsp3) is 0.600. The molecule has 4 aliphatic carbocycles. The first-order chi connectivity index (χ1) is 12.8. The lowest BCUT2D eigenvalue weighted by Crippen LogP contribution is -2.49. The molecule has 0 saturated heterocycles. The van der Waals surface area contributed by atoms with Crippen LogP contribution in [-0.2, 0) is 12.5 Å². The summed E-state index contributed by atoms with van der Waals surface area (Å²) in [6, 6.07) is 5.85. The maximum Gasteiger partial charge on any atom is 0.573 e. The maximum atomic E-state index is 12.3. The van der Waals surface area contributed by atoms with Crippen LogP contribution < -0.4 is 4.74 Å². The fourth-order valence-electron chi connectivity index (χ4n) is 6.23. The van der Waals surface area contributed by atoms with E-state index in [1.165, 1.54) is 50.7 Å². The Kier molecular flexibility index (Phi) is 3.62. The molecule has 0 atom stereocenters. The summed E-state index contributed by atoms with van der Waals surface area (Å²) in [7, 11) is 1.98. The zero-order chi connectivity index (χ0) is 18.8. The first-order valence-corrected chi connectivity index (χ1v) is 9.57. The summed E-state index contributed by atoms with van der Waals surface area (Å²) in [6.45, 7) is 0. The predicted molar refractivity (Wildman–Crippen MR) is 93.0 cm³/mol.